The molecule has 2 aromatic carbocycles. The van der Waals surface area contributed by atoms with Crippen molar-refractivity contribution in [2.45, 2.75) is 16.2 Å². The first-order chi connectivity index (χ1) is 13.7. The second-order valence-electron chi connectivity index (χ2n) is 7.28. The molecule has 1 saturated heterocycles. The lowest BCUT2D eigenvalue weighted by Gasteiger charge is -2.37. The van der Waals surface area contributed by atoms with Gasteiger partial charge in [-0.25, -0.2) is 0 Å². The third kappa shape index (κ3) is 6.58. The highest BCUT2D eigenvalue weighted by molar-refractivity contribution is 9.10. The average Bonchev–Trinajstić information content (AvgIpc) is 2.71. The molecule has 31 heavy (non-hydrogen) atoms. The van der Waals surface area contributed by atoms with Crippen LogP contribution >= 0.6 is 64.9 Å². The van der Waals surface area contributed by atoms with Crippen molar-refractivity contribution in [2.24, 2.45) is 11.5 Å². The van der Waals surface area contributed by atoms with E-state index in [0.29, 0.717) is 6.54 Å². The van der Waals surface area contributed by atoms with E-state index in [1.807, 2.05) is 11.8 Å². The number of anilines is 3. The van der Waals surface area contributed by atoms with Gasteiger partial charge >= 0.3 is 0 Å². The number of halogens is 4. The summed E-state index contributed by atoms with van der Waals surface area (Å²) in [6.07, 6.45) is 0.977. The molecule has 2 aliphatic rings. The molecule has 0 radical (unpaired) electrons. The molecule has 4 rings (SSSR count). The minimum absolute atomic E-state index is 0. The Morgan fingerprint density at radius 2 is 1.45 bits per heavy atom. The molecule has 0 amide bonds. The molecular weight excluding hydrogens is 541 g/mol. The van der Waals surface area contributed by atoms with Crippen molar-refractivity contribution in [3.05, 3.63) is 40.9 Å². The largest absolute Gasteiger partial charge is 0.369 e. The van der Waals surface area contributed by atoms with Crippen molar-refractivity contribution in [1.29, 1.82) is 0 Å². The van der Waals surface area contributed by atoms with Crippen molar-refractivity contribution in [1.82, 2.24) is 4.90 Å². The number of piperazine rings is 1. The van der Waals surface area contributed by atoms with Crippen LogP contribution in [0.2, 0.25) is 0 Å². The molecule has 1 fully saturated rings. The molecule has 0 spiro atoms. The lowest BCUT2D eigenvalue weighted by Crippen LogP contribution is -2.47. The van der Waals surface area contributed by atoms with Gasteiger partial charge in [0.05, 0.1) is 11.4 Å². The van der Waals surface area contributed by atoms with Gasteiger partial charge in [-0.05, 0) is 49.4 Å². The third-order valence-electron chi connectivity index (χ3n) is 5.44. The molecule has 0 aliphatic carbocycles. The van der Waals surface area contributed by atoms with E-state index in [1.54, 1.807) is 0 Å². The number of nitrogens with two attached hydrogens (primary N) is 2. The van der Waals surface area contributed by atoms with E-state index in [0.717, 1.165) is 56.7 Å². The smallest absolute Gasteiger partial charge is 0.0554 e. The van der Waals surface area contributed by atoms with Gasteiger partial charge < -0.3 is 21.3 Å². The first-order valence-electron chi connectivity index (χ1n) is 9.96. The number of benzene rings is 2. The van der Waals surface area contributed by atoms with Gasteiger partial charge in [0.25, 0.3) is 0 Å². The molecule has 0 unspecified atom stereocenters. The summed E-state index contributed by atoms with van der Waals surface area (Å²) in [5.41, 5.74) is 15.4. The Hall–Kier alpha value is -0.380. The normalized spacial score (nSPS) is 15.2. The van der Waals surface area contributed by atoms with Gasteiger partial charge in [-0.2, -0.15) is 0 Å². The summed E-state index contributed by atoms with van der Waals surface area (Å²) in [6, 6.07) is 13.5. The standard InChI is InChI=1S/C21H28BrN5S.3ClH/c22-16-2-4-18-20(14-16)28-21-15-17(3-5-19(21)27(18)8-1-6-23)26-12-10-25(9-7-24)11-13-26;;;/h2-5,14-15H,1,6-13,23-24H2;3*1H. The van der Waals surface area contributed by atoms with Crippen LogP contribution in [0.4, 0.5) is 17.1 Å². The molecule has 5 nitrogen and oxygen atoms in total. The molecule has 2 aromatic rings. The third-order valence-corrected chi connectivity index (χ3v) is 7.02. The molecule has 4 N–H and O–H groups in total. The van der Waals surface area contributed by atoms with Gasteiger partial charge in [-0.3, -0.25) is 4.90 Å². The van der Waals surface area contributed by atoms with Crippen LogP contribution in [0.3, 0.4) is 0 Å². The van der Waals surface area contributed by atoms with E-state index in [4.69, 9.17) is 11.5 Å². The van der Waals surface area contributed by atoms with E-state index in [1.165, 1.54) is 26.9 Å². The maximum Gasteiger partial charge on any atom is 0.0554 e. The summed E-state index contributed by atoms with van der Waals surface area (Å²) in [7, 11) is 0. The highest BCUT2D eigenvalue weighted by atomic mass is 79.9. The fraction of sp³-hybridized carbons (Fsp3) is 0.429. The molecule has 174 valence electrons. The monoisotopic (exact) mass is 569 g/mol. The topological polar surface area (TPSA) is 61.8 Å². The number of fused-ring (bicyclic) bond motifs is 2. The Balaban J connectivity index is 0.00000160. The molecule has 0 atom stereocenters. The van der Waals surface area contributed by atoms with Crippen LogP contribution in [0.5, 0.6) is 0 Å². The number of nitrogens with zero attached hydrogens (tertiary/aromatic N) is 3. The summed E-state index contributed by atoms with van der Waals surface area (Å²) in [6.45, 7) is 7.66. The maximum atomic E-state index is 5.81. The van der Waals surface area contributed by atoms with Crippen LogP contribution in [0, 0.1) is 0 Å². The quantitative estimate of drug-likeness (QED) is 0.522. The number of hydrogen-bond donors (Lipinski definition) is 2. The zero-order valence-corrected chi connectivity index (χ0v) is 22.2. The van der Waals surface area contributed by atoms with E-state index in [-0.39, 0.29) is 37.2 Å². The number of hydrogen-bond acceptors (Lipinski definition) is 6. The van der Waals surface area contributed by atoms with Gasteiger partial charge in [0.1, 0.15) is 0 Å². The summed E-state index contributed by atoms with van der Waals surface area (Å²) in [4.78, 5) is 9.98. The molecule has 10 heteroatoms. The Morgan fingerprint density at radius 1 is 0.806 bits per heavy atom. The Kier molecular flexibility index (Phi) is 12.3. The first kappa shape index (κ1) is 28.7. The van der Waals surface area contributed by atoms with E-state index in [9.17, 15) is 0 Å². The molecule has 2 heterocycles. The van der Waals surface area contributed by atoms with Crippen molar-refractivity contribution >= 4 is 82.0 Å². The average molecular weight is 572 g/mol. The zero-order valence-electron chi connectivity index (χ0n) is 17.3. The summed E-state index contributed by atoms with van der Waals surface area (Å²) < 4.78 is 1.12. The zero-order chi connectivity index (χ0) is 19.5. The predicted molar refractivity (Wildman–Crippen MR) is 145 cm³/mol. The van der Waals surface area contributed by atoms with Gasteiger partial charge in [0, 0.05) is 65.8 Å². The van der Waals surface area contributed by atoms with Crippen LogP contribution in [-0.4, -0.2) is 57.3 Å². The fourth-order valence-electron chi connectivity index (χ4n) is 3.95. The Labute approximate surface area is 216 Å². The second-order valence-corrected chi connectivity index (χ2v) is 9.28. The predicted octanol–water partition coefficient (Wildman–Crippen LogP) is 4.75. The lowest BCUT2D eigenvalue weighted by molar-refractivity contribution is 0.265. The van der Waals surface area contributed by atoms with Crippen LogP contribution in [0.15, 0.2) is 50.7 Å². The Morgan fingerprint density at radius 3 is 2.10 bits per heavy atom. The lowest BCUT2D eigenvalue weighted by atomic mass is 10.1. The van der Waals surface area contributed by atoms with Gasteiger partial charge in [-0.15, -0.1) is 37.2 Å². The molecule has 0 bridgehead atoms. The highest BCUT2D eigenvalue weighted by Gasteiger charge is 2.25. The minimum Gasteiger partial charge on any atom is -0.369 e. The molecule has 0 saturated carbocycles. The van der Waals surface area contributed by atoms with E-state index < -0.39 is 0 Å². The van der Waals surface area contributed by atoms with Crippen LogP contribution in [-0.2, 0) is 0 Å². The van der Waals surface area contributed by atoms with E-state index in [2.05, 4.69) is 67.0 Å². The van der Waals surface area contributed by atoms with Crippen LogP contribution in [0.1, 0.15) is 6.42 Å². The highest BCUT2D eigenvalue weighted by Crippen LogP contribution is 2.49. The van der Waals surface area contributed by atoms with Crippen LogP contribution < -0.4 is 21.3 Å². The summed E-state index contributed by atoms with van der Waals surface area (Å²) in [5.74, 6) is 0. The first-order valence-corrected chi connectivity index (χ1v) is 11.6. The maximum absolute atomic E-state index is 5.81. The van der Waals surface area contributed by atoms with Gasteiger partial charge in [-0.1, -0.05) is 27.7 Å². The van der Waals surface area contributed by atoms with Crippen LogP contribution in [0.25, 0.3) is 0 Å². The number of rotatable bonds is 6. The van der Waals surface area contributed by atoms with Crippen molar-refractivity contribution in [3.63, 3.8) is 0 Å². The summed E-state index contributed by atoms with van der Waals surface area (Å²) in [5, 5.41) is 0. The molecule has 0 aromatic heterocycles. The minimum atomic E-state index is 0. The Bertz CT molecular complexity index is 837. The van der Waals surface area contributed by atoms with Gasteiger partial charge in [0.15, 0.2) is 0 Å². The van der Waals surface area contributed by atoms with Crippen molar-refractivity contribution in [3.8, 4) is 0 Å². The SMILES string of the molecule is Cl.Cl.Cl.NCCCN1c2ccc(Br)cc2Sc2cc(N3CCN(CCN)CC3)ccc21. The van der Waals surface area contributed by atoms with Crippen molar-refractivity contribution < 1.29 is 0 Å². The molecule has 2 aliphatic heterocycles. The van der Waals surface area contributed by atoms with E-state index >= 15 is 0 Å². The molecular formula is C21H31BrCl3N5S. The second kappa shape index (κ2) is 13.4. The fourth-order valence-corrected chi connectivity index (χ4v) is 5.63. The summed E-state index contributed by atoms with van der Waals surface area (Å²) >= 11 is 5.49. The van der Waals surface area contributed by atoms with Crippen molar-refractivity contribution in [2.75, 3.05) is 62.2 Å². The van der Waals surface area contributed by atoms with Gasteiger partial charge in [0.2, 0.25) is 0 Å².